The zero-order chi connectivity index (χ0) is 19.6. The lowest BCUT2D eigenvalue weighted by atomic mass is 10.1. The fourth-order valence-corrected chi connectivity index (χ4v) is 2.77. The van der Waals surface area contributed by atoms with Gasteiger partial charge in [-0.2, -0.15) is 0 Å². The van der Waals surface area contributed by atoms with E-state index in [1.165, 1.54) is 9.47 Å². The molecule has 0 bridgehead atoms. The molecule has 2 N–H and O–H groups in total. The molecule has 0 saturated heterocycles. The van der Waals surface area contributed by atoms with E-state index in [0.717, 1.165) is 0 Å². The van der Waals surface area contributed by atoms with Gasteiger partial charge in [-0.05, 0) is 58.1 Å². The number of nitrogens with one attached hydrogen (secondary N) is 2. The number of fused-ring (bicyclic) bond motifs is 1. The number of carbonyl (C=O) groups excluding carboxylic acids is 2. The maximum absolute atomic E-state index is 12.8. The highest BCUT2D eigenvalue weighted by atomic mass is 32.1. The van der Waals surface area contributed by atoms with E-state index in [1.807, 2.05) is 27.7 Å². The van der Waals surface area contributed by atoms with Gasteiger partial charge in [0.15, 0.2) is 4.77 Å². The van der Waals surface area contributed by atoms with Gasteiger partial charge in [0, 0.05) is 24.7 Å². The van der Waals surface area contributed by atoms with Crippen molar-refractivity contribution in [3.8, 4) is 0 Å². The summed E-state index contributed by atoms with van der Waals surface area (Å²) in [7, 11) is 1.59. The van der Waals surface area contributed by atoms with Gasteiger partial charge in [0.05, 0.1) is 17.4 Å². The van der Waals surface area contributed by atoms with Crippen LogP contribution in [0.1, 0.15) is 38.1 Å². The molecule has 2 rings (SSSR count). The van der Waals surface area contributed by atoms with Crippen LogP contribution in [0.15, 0.2) is 23.0 Å². The molecule has 0 aliphatic carbocycles. The van der Waals surface area contributed by atoms with Gasteiger partial charge in [-0.25, -0.2) is 0 Å². The summed E-state index contributed by atoms with van der Waals surface area (Å²) in [6.45, 7) is 7.82. The third kappa shape index (κ3) is 4.37. The Balaban J connectivity index is 2.32. The first-order valence-electron chi connectivity index (χ1n) is 8.37. The van der Waals surface area contributed by atoms with Crippen molar-refractivity contribution in [1.29, 1.82) is 0 Å². The summed E-state index contributed by atoms with van der Waals surface area (Å²) < 4.78 is 1.62. The lowest BCUT2D eigenvalue weighted by Gasteiger charge is -2.25. The number of benzene rings is 1. The second-order valence-electron chi connectivity index (χ2n) is 7.17. The third-order valence-corrected chi connectivity index (χ3v) is 4.24. The molecule has 0 fully saturated rings. The normalized spacial score (nSPS) is 11.4. The molecule has 140 valence electrons. The minimum absolute atomic E-state index is 0.0306. The van der Waals surface area contributed by atoms with Crippen molar-refractivity contribution in [1.82, 2.24) is 19.8 Å². The molecule has 1 aromatic carbocycles. The maximum Gasteiger partial charge on any atom is 0.261 e. The Bertz CT molecular complexity index is 969. The molecule has 1 aromatic heterocycles. The fourth-order valence-electron chi connectivity index (χ4n) is 2.58. The fraction of sp³-hybridized carbons (Fsp3) is 0.444. The van der Waals surface area contributed by atoms with Crippen LogP contribution >= 0.6 is 12.2 Å². The molecule has 8 heteroatoms. The molecule has 26 heavy (non-hydrogen) atoms. The SMILES string of the molecule is CCN(CC(=O)NC(C)(C)C)C(=O)c1ccc2c(=O)n(C)c(=S)[nH]c2c1. The van der Waals surface area contributed by atoms with Gasteiger partial charge in [0.2, 0.25) is 5.91 Å². The van der Waals surface area contributed by atoms with Crippen LogP contribution < -0.4 is 10.9 Å². The van der Waals surface area contributed by atoms with Crippen LogP contribution in [0.25, 0.3) is 10.9 Å². The number of hydrogen-bond acceptors (Lipinski definition) is 4. The Morgan fingerprint density at radius 1 is 1.31 bits per heavy atom. The number of likely N-dealkylation sites (N-methyl/N-ethyl adjacent to an activating group) is 1. The van der Waals surface area contributed by atoms with E-state index in [2.05, 4.69) is 10.3 Å². The quantitative estimate of drug-likeness (QED) is 0.799. The first-order valence-corrected chi connectivity index (χ1v) is 8.77. The van der Waals surface area contributed by atoms with E-state index in [1.54, 1.807) is 25.2 Å². The predicted molar refractivity (Wildman–Crippen MR) is 104 cm³/mol. The summed E-state index contributed by atoms with van der Waals surface area (Å²) in [4.78, 5) is 41.5. The molecular weight excluding hydrogens is 352 g/mol. The highest BCUT2D eigenvalue weighted by Crippen LogP contribution is 2.13. The molecule has 0 spiro atoms. The van der Waals surface area contributed by atoms with E-state index < -0.39 is 0 Å². The summed E-state index contributed by atoms with van der Waals surface area (Å²) >= 11 is 5.12. The summed E-state index contributed by atoms with van der Waals surface area (Å²) in [5.41, 5.74) is 0.304. The average molecular weight is 376 g/mol. The van der Waals surface area contributed by atoms with Crippen molar-refractivity contribution in [2.24, 2.45) is 7.05 Å². The van der Waals surface area contributed by atoms with Crippen molar-refractivity contribution in [3.05, 3.63) is 38.9 Å². The van der Waals surface area contributed by atoms with E-state index in [4.69, 9.17) is 12.2 Å². The van der Waals surface area contributed by atoms with Crippen molar-refractivity contribution >= 4 is 34.9 Å². The molecule has 0 aliphatic heterocycles. The Hall–Kier alpha value is -2.48. The van der Waals surface area contributed by atoms with Crippen LogP contribution in [0, 0.1) is 4.77 Å². The smallest absolute Gasteiger partial charge is 0.261 e. The van der Waals surface area contributed by atoms with E-state index in [9.17, 15) is 14.4 Å². The molecule has 2 amide bonds. The number of carbonyl (C=O) groups is 2. The van der Waals surface area contributed by atoms with Gasteiger partial charge < -0.3 is 15.2 Å². The van der Waals surface area contributed by atoms with Gasteiger partial charge in [-0.15, -0.1) is 0 Å². The standard InChI is InChI=1S/C18H24N4O3S/c1-6-22(10-14(23)20-18(2,3)4)15(24)11-7-8-12-13(9-11)19-17(26)21(5)16(12)25/h7-9H,6,10H2,1-5H3,(H,19,26)(H,20,23). The molecule has 0 radical (unpaired) electrons. The van der Waals surface area contributed by atoms with E-state index >= 15 is 0 Å². The Kier molecular flexibility index (Phi) is 5.65. The van der Waals surface area contributed by atoms with Crippen LogP contribution in [0.5, 0.6) is 0 Å². The van der Waals surface area contributed by atoms with Crippen molar-refractivity contribution in [2.75, 3.05) is 13.1 Å². The summed E-state index contributed by atoms with van der Waals surface area (Å²) in [6, 6.07) is 4.78. The molecule has 0 aliphatic rings. The number of hydrogen-bond donors (Lipinski definition) is 2. The van der Waals surface area contributed by atoms with Gasteiger partial charge in [-0.3, -0.25) is 19.0 Å². The molecule has 1 heterocycles. The topological polar surface area (TPSA) is 87.2 Å². The molecule has 7 nitrogen and oxygen atoms in total. The first-order chi connectivity index (χ1) is 12.0. The van der Waals surface area contributed by atoms with Gasteiger partial charge in [-0.1, -0.05) is 0 Å². The van der Waals surface area contributed by atoms with Crippen LogP contribution in [0.3, 0.4) is 0 Å². The van der Waals surface area contributed by atoms with Crippen molar-refractivity contribution in [3.63, 3.8) is 0 Å². The molecule has 0 saturated carbocycles. The molecular formula is C18H24N4O3S. The van der Waals surface area contributed by atoms with E-state index in [-0.39, 0.29) is 34.2 Å². The lowest BCUT2D eigenvalue weighted by Crippen LogP contribution is -2.47. The molecule has 0 unspecified atom stereocenters. The highest BCUT2D eigenvalue weighted by molar-refractivity contribution is 7.71. The second-order valence-corrected chi connectivity index (χ2v) is 7.56. The van der Waals surface area contributed by atoms with Crippen LogP contribution in [0.4, 0.5) is 0 Å². The first kappa shape index (κ1) is 19.8. The van der Waals surface area contributed by atoms with E-state index in [0.29, 0.717) is 23.0 Å². The van der Waals surface area contributed by atoms with Crippen LogP contribution in [-0.2, 0) is 11.8 Å². The van der Waals surface area contributed by atoms with Crippen molar-refractivity contribution in [2.45, 2.75) is 33.2 Å². The summed E-state index contributed by atoms with van der Waals surface area (Å²) in [6.07, 6.45) is 0. The largest absolute Gasteiger partial charge is 0.350 e. The number of aromatic nitrogens is 2. The average Bonchev–Trinajstić information content (AvgIpc) is 2.55. The lowest BCUT2D eigenvalue weighted by molar-refractivity contribution is -0.123. The number of aromatic amines is 1. The van der Waals surface area contributed by atoms with Gasteiger partial charge >= 0.3 is 0 Å². The van der Waals surface area contributed by atoms with Crippen molar-refractivity contribution < 1.29 is 9.59 Å². The number of rotatable bonds is 4. The predicted octanol–water partition coefficient (Wildman–Crippen LogP) is 1.97. The third-order valence-electron chi connectivity index (χ3n) is 3.87. The molecule has 0 atom stereocenters. The minimum atomic E-state index is -0.364. The number of H-pyrrole nitrogens is 1. The second kappa shape index (κ2) is 7.41. The Morgan fingerprint density at radius 2 is 1.96 bits per heavy atom. The molecule has 2 aromatic rings. The summed E-state index contributed by atoms with van der Waals surface area (Å²) in [5.74, 6) is -0.500. The monoisotopic (exact) mass is 376 g/mol. The Labute approximate surface area is 157 Å². The minimum Gasteiger partial charge on any atom is -0.350 e. The van der Waals surface area contributed by atoms with Gasteiger partial charge in [0.1, 0.15) is 0 Å². The number of nitrogens with zero attached hydrogens (tertiary/aromatic N) is 2. The zero-order valence-electron chi connectivity index (χ0n) is 15.7. The highest BCUT2D eigenvalue weighted by Gasteiger charge is 2.21. The van der Waals surface area contributed by atoms with Crippen LogP contribution in [0.2, 0.25) is 0 Å². The van der Waals surface area contributed by atoms with Crippen LogP contribution in [-0.4, -0.2) is 44.9 Å². The summed E-state index contributed by atoms with van der Waals surface area (Å²) in [5, 5.41) is 3.29. The number of amides is 2. The van der Waals surface area contributed by atoms with Gasteiger partial charge in [0.25, 0.3) is 11.5 Å². The zero-order valence-corrected chi connectivity index (χ0v) is 16.5. The maximum atomic E-state index is 12.8. The Morgan fingerprint density at radius 3 is 2.54 bits per heavy atom.